The summed E-state index contributed by atoms with van der Waals surface area (Å²) >= 11 is 1.35. The summed E-state index contributed by atoms with van der Waals surface area (Å²) in [5, 5.41) is 8.80. The highest BCUT2D eigenvalue weighted by Crippen LogP contribution is 2.50. The quantitative estimate of drug-likeness (QED) is 0.302. The van der Waals surface area contributed by atoms with Crippen molar-refractivity contribution in [2.45, 2.75) is 73.7 Å². The van der Waals surface area contributed by atoms with Gasteiger partial charge in [0.15, 0.2) is 0 Å². The average Bonchev–Trinajstić information content (AvgIpc) is 3.43. The number of hydrogen-bond acceptors (Lipinski definition) is 6. The molecule has 10 heteroatoms. The van der Waals surface area contributed by atoms with E-state index in [9.17, 15) is 17.6 Å². The number of fused-ring (bicyclic) bond motifs is 3. The smallest absolute Gasteiger partial charge is 0.368 e. The Morgan fingerprint density at radius 2 is 2.09 bits per heavy atom. The fraction of sp³-hybridized carbons (Fsp3) is 0.625. The molecule has 0 aromatic heterocycles. The third-order valence-corrected chi connectivity index (χ3v) is 10.3. The second kappa shape index (κ2) is 10.1. The van der Waals surface area contributed by atoms with Gasteiger partial charge in [-0.25, -0.2) is 13.2 Å². The molecule has 2 saturated carbocycles. The van der Waals surface area contributed by atoms with Gasteiger partial charge in [-0.2, -0.15) is 8.70 Å². The number of carboxylic acid groups (broad SMARTS) is 1. The standard InChI is InChI=1S/C24H33FN2O5S2/c1-4-5-6-17-13-27(19-10-15-7-8-16(19)9-15)20-11-22(33-3)21(32-14-18(25)24(28)29)12-23(20)34(30,31)26(17)2/h11-12,14-17,19H,4-10,13H2,1-3H3,(H,28,29)/b18-14-. The number of unbranched alkanes of at least 4 members (excludes halogenated alkanes) is 1. The van der Waals surface area contributed by atoms with Crippen LogP contribution in [0.25, 0.3) is 0 Å². The number of thioether (sulfide) groups is 1. The summed E-state index contributed by atoms with van der Waals surface area (Å²) in [6, 6.07) is 3.40. The molecule has 7 nitrogen and oxygen atoms in total. The van der Waals surface area contributed by atoms with E-state index in [4.69, 9.17) is 9.84 Å². The van der Waals surface area contributed by atoms with Crippen LogP contribution in [0.1, 0.15) is 51.9 Å². The molecule has 1 aromatic carbocycles. The number of nitrogens with zero attached hydrogens (tertiary/aromatic N) is 2. The Morgan fingerprint density at radius 1 is 1.32 bits per heavy atom. The Morgan fingerprint density at radius 3 is 2.68 bits per heavy atom. The molecule has 0 spiro atoms. The van der Waals surface area contributed by atoms with Crippen LogP contribution < -0.4 is 9.64 Å². The van der Waals surface area contributed by atoms with Gasteiger partial charge in [0.25, 0.3) is 0 Å². The molecule has 34 heavy (non-hydrogen) atoms. The minimum atomic E-state index is -3.84. The summed E-state index contributed by atoms with van der Waals surface area (Å²) < 4.78 is 47.9. The summed E-state index contributed by atoms with van der Waals surface area (Å²) in [5.41, 5.74) is 0.669. The molecule has 1 aromatic rings. The van der Waals surface area contributed by atoms with Crippen molar-refractivity contribution in [3.05, 3.63) is 24.2 Å². The molecule has 4 atom stereocenters. The summed E-state index contributed by atoms with van der Waals surface area (Å²) in [7, 11) is -2.21. The second-order valence-corrected chi connectivity index (χ2v) is 12.4. The molecule has 1 N–H and O–H groups in total. The summed E-state index contributed by atoms with van der Waals surface area (Å²) in [6.45, 7) is 2.74. The van der Waals surface area contributed by atoms with Crippen molar-refractivity contribution in [2.75, 3.05) is 24.7 Å². The van der Waals surface area contributed by atoms with E-state index in [1.807, 2.05) is 12.3 Å². The van der Waals surface area contributed by atoms with Crippen molar-refractivity contribution in [3.63, 3.8) is 0 Å². The lowest BCUT2D eigenvalue weighted by molar-refractivity contribution is -0.134. The first-order valence-corrected chi connectivity index (χ1v) is 14.6. The van der Waals surface area contributed by atoms with E-state index in [0.717, 1.165) is 25.7 Å². The maximum absolute atomic E-state index is 13.8. The number of anilines is 1. The molecule has 4 unspecified atom stereocenters. The topological polar surface area (TPSA) is 87.1 Å². The Balaban J connectivity index is 1.83. The third kappa shape index (κ3) is 4.68. The van der Waals surface area contributed by atoms with Crippen LogP contribution in [0.5, 0.6) is 5.75 Å². The maximum Gasteiger partial charge on any atom is 0.368 e. The average molecular weight is 513 g/mol. The van der Waals surface area contributed by atoms with Gasteiger partial charge in [-0.1, -0.05) is 26.2 Å². The predicted molar refractivity (Wildman–Crippen MR) is 131 cm³/mol. The van der Waals surface area contributed by atoms with Crippen LogP contribution in [-0.2, 0) is 14.8 Å². The number of hydrogen-bond donors (Lipinski definition) is 1. The first-order valence-electron chi connectivity index (χ1n) is 11.9. The number of carboxylic acids is 1. The van der Waals surface area contributed by atoms with Crippen molar-refractivity contribution >= 4 is 33.4 Å². The van der Waals surface area contributed by atoms with Crippen molar-refractivity contribution < 1.29 is 27.4 Å². The van der Waals surface area contributed by atoms with E-state index >= 15 is 0 Å². The molecule has 2 fully saturated rings. The molecule has 0 amide bonds. The van der Waals surface area contributed by atoms with Crippen molar-refractivity contribution in [1.82, 2.24) is 4.31 Å². The molecular formula is C24H33FN2O5S2. The predicted octanol–water partition coefficient (Wildman–Crippen LogP) is 4.87. The van der Waals surface area contributed by atoms with Gasteiger partial charge in [0.2, 0.25) is 15.9 Å². The van der Waals surface area contributed by atoms with Gasteiger partial charge >= 0.3 is 5.97 Å². The monoisotopic (exact) mass is 512 g/mol. The number of ether oxygens (including phenoxy) is 1. The number of likely N-dealkylation sites (N-methyl/N-ethyl adjacent to an activating group) is 1. The number of rotatable bonds is 8. The van der Waals surface area contributed by atoms with E-state index < -0.39 is 21.8 Å². The van der Waals surface area contributed by atoms with Crippen molar-refractivity contribution in [3.8, 4) is 5.75 Å². The zero-order valence-electron chi connectivity index (χ0n) is 19.9. The van der Waals surface area contributed by atoms with Gasteiger partial charge in [-0.05, 0) is 49.8 Å². The molecule has 1 heterocycles. The summed E-state index contributed by atoms with van der Waals surface area (Å²) in [4.78, 5) is 13.9. The molecule has 2 aliphatic carbocycles. The Labute approximate surface area is 205 Å². The minimum absolute atomic E-state index is 0.125. The van der Waals surface area contributed by atoms with E-state index in [-0.39, 0.29) is 16.7 Å². The van der Waals surface area contributed by atoms with Gasteiger partial charge in [-0.3, -0.25) is 0 Å². The normalized spacial score (nSPS) is 28.6. The van der Waals surface area contributed by atoms with Gasteiger partial charge in [0.05, 0.1) is 10.6 Å². The van der Waals surface area contributed by atoms with Crippen LogP contribution in [0.2, 0.25) is 0 Å². The molecule has 0 radical (unpaired) electrons. The number of benzene rings is 1. The van der Waals surface area contributed by atoms with Gasteiger partial charge < -0.3 is 14.7 Å². The van der Waals surface area contributed by atoms with E-state index in [0.29, 0.717) is 41.3 Å². The molecule has 1 aliphatic heterocycles. The van der Waals surface area contributed by atoms with Crippen molar-refractivity contribution in [2.24, 2.45) is 11.8 Å². The number of carbonyl (C=O) groups is 1. The number of aliphatic carboxylic acids is 1. The second-order valence-electron chi connectivity index (χ2n) is 9.57. The Bertz CT molecular complexity index is 1080. The molecule has 188 valence electrons. The van der Waals surface area contributed by atoms with E-state index in [2.05, 4.69) is 11.8 Å². The van der Waals surface area contributed by atoms with Crippen LogP contribution in [0.3, 0.4) is 0 Å². The number of sulfonamides is 1. The zero-order chi connectivity index (χ0) is 24.6. The maximum atomic E-state index is 13.8. The van der Waals surface area contributed by atoms with Crippen LogP contribution in [0.4, 0.5) is 10.1 Å². The molecule has 4 rings (SSSR count). The molecule has 0 saturated heterocycles. The summed E-state index contributed by atoms with van der Waals surface area (Å²) in [5.74, 6) is -1.80. The largest absolute Gasteiger partial charge is 0.476 e. The highest BCUT2D eigenvalue weighted by molar-refractivity contribution is 7.98. The minimum Gasteiger partial charge on any atom is -0.476 e. The van der Waals surface area contributed by atoms with Crippen LogP contribution >= 0.6 is 11.8 Å². The molecule has 3 aliphatic rings. The fourth-order valence-electron chi connectivity index (χ4n) is 5.79. The highest BCUT2D eigenvalue weighted by Gasteiger charge is 2.46. The molecular weight excluding hydrogens is 479 g/mol. The highest BCUT2D eigenvalue weighted by atomic mass is 32.2. The van der Waals surface area contributed by atoms with Crippen LogP contribution in [-0.4, -0.2) is 55.7 Å². The lowest BCUT2D eigenvalue weighted by atomic mass is 9.92. The first kappa shape index (κ1) is 25.3. The van der Waals surface area contributed by atoms with Gasteiger partial charge in [-0.15, -0.1) is 11.8 Å². The summed E-state index contributed by atoms with van der Waals surface area (Å²) in [6.07, 6.45) is 9.76. The van der Waals surface area contributed by atoms with Gasteiger partial charge in [0, 0.05) is 31.7 Å². The van der Waals surface area contributed by atoms with Crippen LogP contribution in [0.15, 0.2) is 34.0 Å². The van der Waals surface area contributed by atoms with Gasteiger partial charge in [0.1, 0.15) is 16.9 Å². The third-order valence-electron chi connectivity index (χ3n) is 7.62. The first-order chi connectivity index (χ1) is 16.2. The van der Waals surface area contributed by atoms with E-state index in [1.54, 1.807) is 7.05 Å². The van der Waals surface area contributed by atoms with Crippen molar-refractivity contribution in [1.29, 1.82) is 0 Å². The Kier molecular flexibility index (Phi) is 7.50. The SMILES string of the molecule is CCCCC1CN(C2CC3CCC2C3)c2cc(SC)c(O/C=C(\F)C(=O)O)cc2S(=O)(=O)N1C. The van der Waals surface area contributed by atoms with Crippen LogP contribution in [0, 0.1) is 11.8 Å². The number of halogens is 1. The molecule has 2 bridgehead atoms. The fourth-order valence-corrected chi connectivity index (χ4v) is 7.90. The Hall–Kier alpha value is -1.78. The van der Waals surface area contributed by atoms with E-state index in [1.165, 1.54) is 41.4 Å². The lowest BCUT2D eigenvalue weighted by Crippen LogP contribution is -2.46. The zero-order valence-corrected chi connectivity index (χ0v) is 21.5. The lowest BCUT2D eigenvalue weighted by Gasteiger charge is -2.38.